The van der Waals surface area contributed by atoms with Gasteiger partial charge in [0, 0.05) is 11.9 Å². The molecule has 0 saturated heterocycles. The Bertz CT molecular complexity index is 509. The number of H-pyrrole nitrogens is 1. The molecule has 92 valence electrons. The van der Waals surface area contributed by atoms with Crippen LogP contribution in [0.5, 0.6) is 5.75 Å². The van der Waals surface area contributed by atoms with E-state index >= 15 is 0 Å². The Kier molecular flexibility index (Phi) is 4.61. The lowest BCUT2D eigenvalue weighted by molar-refractivity contribution is 0.415. The van der Waals surface area contributed by atoms with Gasteiger partial charge in [-0.05, 0) is 52.7 Å². The first-order valence-electron chi connectivity index (χ1n) is 5.65. The molecule has 18 heavy (non-hydrogen) atoms. The van der Waals surface area contributed by atoms with Gasteiger partial charge in [-0.25, -0.2) is 0 Å². The third kappa shape index (κ3) is 3.50. The van der Waals surface area contributed by atoms with Crippen LogP contribution in [0.1, 0.15) is 0 Å². The second kappa shape index (κ2) is 6.67. The van der Waals surface area contributed by atoms with E-state index in [1.165, 1.54) is 5.56 Å². The Labute approximate surface area is 111 Å². The first-order valence-corrected chi connectivity index (χ1v) is 6.59. The number of thiophene rings is 1. The number of benzene rings is 1. The summed E-state index contributed by atoms with van der Waals surface area (Å²) in [5.74, 6) is 0.885. The summed E-state index contributed by atoms with van der Waals surface area (Å²) in [4.78, 5) is 3.15. The summed E-state index contributed by atoms with van der Waals surface area (Å²) in [5, 5.41) is 4.08. The van der Waals surface area contributed by atoms with Gasteiger partial charge in [0.15, 0.2) is 0 Å². The normalized spacial score (nSPS) is 9.39. The van der Waals surface area contributed by atoms with Gasteiger partial charge in [-0.2, -0.15) is 11.3 Å². The lowest BCUT2D eigenvalue weighted by atomic mass is 10.1. The number of methoxy groups -OCH3 is 1. The molecule has 0 amide bonds. The van der Waals surface area contributed by atoms with Crippen molar-refractivity contribution in [3.8, 4) is 17.0 Å². The summed E-state index contributed by atoms with van der Waals surface area (Å²) in [6, 6.07) is 16.0. The number of hydrogen-bond donors (Lipinski definition) is 1. The summed E-state index contributed by atoms with van der Waals surface area (Å²) in [7, 11) is 1.67. The van der Waals surface area contributed by atoms with E-state index in [1.54, 1.807) is 18.4 Å². The van der Waals surface area contributed by atoms with Crippen molar-refractivity contribution in [2.75, 3.05) is 7.11 Å². The predicted molar refractivity (Wildman–Crippen MR) is 77.1 cm³/mol. The molecule has 0 aliphatic heterocycles. The first kappa shape index (κ1) is 12.5. The van der Waals surface area contributed by atoms with E-state index in [-0.39, 0.29) is 0 Å². The maximum atomic E-state index is 5.08. The van der Waals surface area contributed by atoms with E-state index < -0.39 is 0 Å². The quantitative estimate of drug-likeness (QED) is 0.721. The van der Waals surface area contributed by atoms with Gasteiger partial charge in [-0.3, -0.25) is 0 Å². The van der Waals surface area contributed by atoms with Gasteiger partial charge in [-0.1, -0.05) is 12.1 Å². The molecule has 1 N–H and O–H groups in total. The number of rotatable bonds is 2. The highest BCUT2D eigenvalue weighted by Crippen LogP contribution is 2.20. The van der Waals surface area contributed by atoms with Crippen molar-refractivity contribution in [2.24, 2.45) is 0 Å². The Hall–Kier alpha value is -2.00. The van der Waals surface area contributed by atoms with E-state index in [2.05, 4.69) is 4.98 Å². The van der Waals surface area contributed by atoms with Gasteiger partial charge in [0.1, 0.15) is 5.75 Å². The Morgan fingerprint density at radius 2 is 1.67 bits per heavy atom. The minimum absolute atomic E-state index is 0.885. The maximum Gasteiger partial charge on any atom is 0.118 e. The molecule has 2 aromatic heterocycles. The molecule has 3 rings (SSSR count). The van der Waals surface area contributed by atoms with Crippen LogP contribution in [0.15, 0.2) is 65.5 Å². The average molecular weight is 257 g/mol. The molecule has 2 heterocycles. The van der Waals surface area contributed by atoms with Gasteiger partial charge < -0.3 is 9.72 Å². The summed E-state index contributed by atoms with van der Waals surface area (Å²) in [6.45, 7) is 0. The number of hydrogen-bond acceptors (Lipinski definition) is 2. The second-order valence-corrected chi connectivity index (χ2v) is 4.42. The third-order valence-electron chi connectivity index (χ3n) is 2.42. The topological polar surface area (TPSA) is 25.0 Å². The molecule has 0 unspecified atom stereocenters. The molecule has 0 radical (unpaired) electrons. The largest absolute Gasteiger partial charge is 0.497 e. The molecule has 3 aromatic rings. The number of nitrogens with one attached hydrogen (secondary N) is 1. The molecule has 0 aliphatic rings. The molecule has 0 fully saturated rings. The molecule has 0 bridgehead atoms. The van der Waals surface area contributed by atoms with Crippen molar-refractivity contribution in [1.82, 2.24) is 4.98 Å². The molecule has 3 heteroatoms. The highest BCUT2D eigenvalue weighted by molar-refractivity contribution is 7.07. The van der Waals surface area contributed by atoms with E-state index in [1.807, 2.05) is 65.5 Å². The fourth-order valence-electron chi connectivity index (χ4n) is 1.51. The van der Waals surface area contributed by atoms with Gasteiger partial charge in [0.05, 0.1) is 7.11 Å². The van der Waals surface area contributed by atoms with Crippen LogP contribution in [0.25, 0.3) is 11.3 Å². The highest BCUT2D eigenvalue weighted by atomic mass is 32.1. The standard InChI is InChI=1S/C11H11NO.C4H4S/c1-13-10-6-4-9(5-7-10)11-3-2-8-12-11;1-2-4-5-3-1/h2-8,12H,1H3;1-4H. The van der Waals surface area contributed by atoms with Crippen LogP contribution >= 0.6 is 11.3 Å². The fourth-order valence-corrected chi connectivity index (χ4v) is 1.96. The molecular formula is C15H15NOS. The van der Waals surface area contributed by atoms with Crippen LogP contribution in [0.2, 0.25) is 0 Å². The molecule has 1 aromatic carbocycles. The van der Waals surface area contributed by atoms with Crippen molar-refractivity contribution in [2.45, 2.75) is 0 Å². The molecule has 0 atom stereocenters. The van der Waals surface area contributed by atoms with E-state index in [0.717, 1.165) is 11.4 Å². The number of ether oxygens (including phenoxy) is 1. The minimum Gasteiger partial charge on any atom is -0.497 e. The van der Waals surface area contributed by atoms with Gasteiger partial charge >= 0.3 is 0 Å². The monoisotopic (exact) mass is 257 g/mol. The van der Waals surface area contributed by atoms with E-state index in [0.29, 0.717) is 0 Å². The van der Waals surface area contributed by atoms with Gasteiger partial charge in [-0.15, -0.1) is 0 Å². The lowest BCUT2D eigenvalue weighted by Crippen LogP contribution is -1.82. The minimum atomic E-state index is 0.885. The van der Waals surface area contributed by atoms with Crippen LogP contribution in [0, 0.1) is 0 Å². The molecule has 0 saturated carbocycles. The maximum absolute atomic E-state index is 5.08. The van der Waals surface area contributed by atoms with Crippen LogP contribution < -0.4 is 4.74 Å². The van der Waals surface area contributed by atoms with Crippen LogP contribution in [0.4, 0.5) is 0 Å². The average Bonchev–Trinajstić information content (AvgIpc) is 3.14. The van der Waals surface area contributed by atoms with E-state index in [4.69, 9.17) is 4.74 Å². The Morgan fingerprint density at radius 3 is 2.11 bits per heavy atom. The van der Waals surface area contributed by atoms with Crippen molar-refractivity contribution < 1.29 is 4.74 Å². The summed E-state index contributed by atoms with van der Waals surface area (Å²) in [5.41, 5.74) is 2.30. The van der Waals surface area contributed by atoms with E-state index in [9.17, 15) is 0 Å². The predicted octanol–water partition coefficient (Wildman–Crippen LogP) is 4.44. The highest BCUT2D eigenvalue weighted by Gasteiger charge is 1.96. The molecular weight excluding hydrogens is 242 g/mol. The van der Waals surface area contributed by atoms with Crippen LogP contribution in [0.3, 0.4) is 0 Å². The molecule has 2 nitrogen and oxygen atoms in total. The Morgan fingerprint density at radius 1 is 0.944 bits per heavy atom. The number of aromatic nitrogens is 1. The lowest BCUT2D eigenvalue weighted by Gasteiger charge is -2.00. The summed E-state index contributed by atoms with van der Waals surface area (Å²) >= 11 is 1.71. The Balaban J connectivity index is 0.000000202. The smallest absolute Gasteiger partial charge is 0.118 e. The zero-order chi connectivity index (χ0) is 12.6. The van der Waals surface area contributed by atoms with Gasteiger partial charge in [0.2, 0.25) is 0 Å². The van der Waals surface area contributed by atoms with Crippen molar-refractivity contribution in [3.05, 3.63) is 65.5 Å². The fraction of sp³-hybridized carbons (Fsp3) is 0.0667. The summed E-state index contributed by atoms with van der Waals surface area (Å²) < 4.78 is 5.08. The van der Waals surface area contributed by atoms with Gasteiger partial charge in [0.25, 0.3) is 0 Å². The van der Waals surface area contributed by atoms with Crippen molar-refractivity contribution in [1.29, 1.82) is 0 Å². The van der Waals surface area contributed by atoms with Crippen LogP contribution in [-0.4, -0.2) is 12.1 Å². The zero-order valence-corrected chi connectivity index (χ0v) is 11.0. The van der Waals surface area contributed by atoms with Crippen molar-refractivity contribution in [3.63, 3.8) is 0 Å². The third-order valence-corrected chi connectivity index (χ3v) is 3.05. The summed E-state index contributed by atoms with van der Waals surface area (Å²) in [6.07, 6.45) is 1.92. The number of aromatic amines is 1. The molecule has 0 spiro atoms. The second-order valence-electron chi connectivity index (χ2n) is 3.61. The first-order chi connectivity index (χ1) is 8.90. The van der Waals surface area contributed by atoms with Crippen molar-refractivity contribution >= 4 is 11.3 Å². The molecule has 0 aliphatic carbocycles. The zero-order valence-electron chi connectivity index (χ0n) is 10.2. The van der Waals surface area contributed by atoms with Crippen LogP contribution in [-0.2, 0) is 0 Å². The SMILES string of the molecule is COc1ccc(-c2ccc[nH]2)cc1.c1ccsc1.